The van der Waals surface area contributed by atoms with E-state index >= 15 is 0 Å². The molecule has 0 aliphatic heterocycles. The largest absolute Gasteiger partial charge is 0.350 e. The number of rotatable bonds is 5. The second kappa shape index (κ2) is 6.72. The smallest absolute Gasteiger partial charge is 0.225 e. The van der Waals surface area contributed by atoms with Gasteiger partial charge in [-0.1, -0.05) is 24.6 Å². The van der Waals surface area contributed by atoms with Crippen LogP contribution in [0.3, 0.4) is 0 Å². The molecule has 0 radical (unpaired) electrons. The summed E-state index contributed by atoms with van der Waals surface area (Å²) in [5.41, 5.74) is 2.51. The minimum absolute atomic E-state index is 0.0238. The van der Waals surface area contributed by atoms with Crippen LogP contribution in [0.1, 0.15) is 24.0 Å². The van der Waals surface area contributed by atoms with E-state index in [0.29, 0.717) is 18.1 Å². The van der Waals surface area contributed by atoms with Crippen LogP contribution in [0.2, 0.25) is 5.02 Å². The highest BCUT2D eigenvalue weighted by Gasteiger charge is 2.17. The van der Waals surface area contributed by atoms with Gasteiger partial charge in [0.05, 0.1) is 41.1 Å². The van der Waals surface area contributed by atoms with Gasteiger partial charge < -0.3 is 5.32 Å². The number of pyridine rings is 1. The molecule has 5 nitrogen and oxygen atoms in total. The molecule has 0 fully saturated rings. The molecule has 2 rings (SSSR count). The molecule has 112 valence electrons. The number of nitrogens with one attached hydrogen (secondary N) is 1. The monoisotopic (exact) mass is 306 g/mol. The van der Waals surface area contributed by atoms with E-state index in [1.807, 2.05) is 39.0 Å². The summed E-state index contributed by atoms with van der Waals surface area (Å²) >= 11 is 6.11. The molecule has 0 aromatic carbocycles. The van der Waals surface area contributed by atoms with Crippen molar-refractivity contribution in [1.29, 1.82) is 0 Å². The van der Waals surface area contributed by atoms with E-state index < -0.39 is 0 Å². The first-order valence-corrected chi connectivity index (χ1v) is 7.24. The lowest BCUT2D eigenvalue weighted by Gasteiger charge is -2.13. The fourth-order valence-corrected chi connectivity index (χ4v) is 2.19. The number of hydrogen-bond donors (Lipinski definition) is 1. The Hall–Kier alpha value is -1.88. The van der Waals surface area contributed by atoms with Gasteiger partial charge in [0.2, 0.25) is 5.91 Å². The molecule has 2 heterocycles. The predicted octanol–water partition coefficient (Wildman–Crippen LogP) is 2.50. The maximum atomic E-state index is 12.1. The van der Waals surface area contributed by atoms with Crippen molar-refractivity contribution in [2.75, 3.05) is 0 Å². The average molecular weight is 307 g/mol. The summed E-state index contributed by atoms with van der Waals surface area (Å²) in [5, 5.41) is 7.89. The van der Waals surface area contributed by atoms with Crippen LogP contribution in [0.5, 0.6) is 0 Å². The number of hydrogen-bond acceptors (Lipinski definition) is 3. The van der Waals surface area contributed by atoms with Crippen LogP contribution >= 0.6 is 11.6 Å². The standard InChI is InChI=1S/C15H19ClN4O/c1-10(9-20-12(3)14(16)11(2)19-20)15(21)18-8-13-6-4-5-7-17-13/h4-7,10H,8-9H2,1-3H3,(H,18,21)/t10-/m0/s1. The lowest BCUT2D eigenvalue weighted by molar-refractivity contribution is -0.125. The van der Waals surface area contributed by atoms with Crippen molar-refractivity contribution in [2.45, 2.75) is 33.9 Å². The summed E-state index contributed by atoms with van der Waals surface area (Å²) < 4.78 is 1.78. The zero-order chi connectivity index (χ0) is 15.4. The van der Waals surface area contributed by atoms with Crippen molar-refractivity contribution in [3.8, 4) is 0 Å². The summed E-state index contributed by atoms with van der Waals surface area (Å²) in [7, 11) is 0. The molecule has 0 saturated heterocycles. The van der Waals surface area contributed by atoms with Crippen LogP contribution in [0, 0.1) is 19.8 Å². The normalized spacial score (nSPS) is 12.2. The summed E-state index contributed by atoms with van der Waals surface area (Å²) in [4.78, 5) is 16.3. The van der Waals surface area contributed by atoms with Crippen molar-refractivity contribution < 1.29 is 4.79 Å². The molecule has 0 spiro atoms. The minimum atomic E-state index is -0.192. The lowest BCUT2D eigenvalue weighted by atomic mass is 10.1. The summed E-state index contributed by atoms with van der Waals surface area (Å²) in [6, 6.07) is 5.63. The molecule has 2 aromatic rings. The molecule has 1 amide bonds. The Morgan fingerprint density at radius 2 is 2.19 bits per heavy atom. The molecule has 0 aliphatic carbocycles. The van der Waals surface area contributed by atoms with E-state index in [9.17, 15) is 4.79 Å². The average Bonchev–Trinajstić information content (AvgIpc) is 2.73. The number of halogens is 1. The van der Waals surface area contributed by atoms with Crippen molar-refractivity contribution in [2.24, 2.45) is 5.92 Å². The van der Waals surface area contributed by atoms with Gasteiger partial charge in [-0.05, 0) is 26.0 Å². The van der Waals surface area contributed by atoms with Gasteiger partial charge in [0.25, 0.3) is 0 Å². The molecule has 21 heavy (non-hydrogen) atoms. The highest BCUT2D eigenvalue weighted by atomic mass is 35.5. The minimum Gasteiger partial charge on any atom is -0.350 e. The van der Waals surface area contributed by atoms with Crippen molar-refractivity contribution in [3.63, 3.8) is 0 Å². The topological polar surface area (TPSA) is 59.8 Å². The van der Waals surface area contributed by atoms with Gasteiger partial charge in [-0.2, -0.15) is 5.10 Å². The molecule has 1 atom stereocenters. The molecule has 0 bridgehead atoms. The van der Waals surface area contributed by atoms with Crippen molar-refractivity contribution in [3.05, 3.63) is 46.5 Å². The molecular formula is C15H19ClN4O. The zero-order valence-electron chi connectivity index (χ0n) is 12.4. The van der Waals surface area contributed by atoms with Gasteiger partial charge in [-0.25, -0.2) is 0 Å². The third kappa shape index (κ3) is 3.82. The second-order valence-corrected chi connectivity index (χ2v) is 5.48. The van der Waals surface area contributed by atoms with Crippen molar-refractivity contribution in [1.82, 2.24) is 20.1 Å². The lowest BCUT2D eigenvalue weighted by Crippen LogP contribution is -2.31. The molecule has 2 aromatic heterocycles. The molecule has 0 aliphatic rings. The van der Waals surface area contributed by atoms with E-state index in [-0.39, 0.29) is 11.8 Å². The number of amides is 1. The SMILES string of the molecule is Cc1nn(C[C@H](C)C(=O)NCc2ccccn2)c(C)c1Cl. The quantitative estimate of drug-likeness (QED) is 0.923. The number of carbonyl (C=O) groups excluding carboxylic acids is 1. The van der Waals surface area contributed by atoms with Gasteiger partial charge in [0.15, 0.2) is 0 Å². The summed E-state index contributed by atoms with van der Waals surface area (Å²) in [6.07, 6.45) is 1.71. The molecular weight excluding hydrogens is 288 g/mol. The van der Waals surface area contributed by atoms with Gasteiger partial charge in [0, 0.05) is 6.20 Å². The maximum Gasteiger partial charge on any atom is 0.225 e. The Morgan fingerprint density at radius 3 is 2.76 bits per heavy atom. The van der Waals surface area contributed by atoms with E-state index in [0.717, 1.165) is 17.1 Å². The van der Waals surface area contributed by atoms with E-state index in [2.05, 4.69) is 15.4 Å². The van der Waals surface area contributed by atoms with Gasteiger partial charge in [0.1, 0.15) is 0 Å². The highest BCUT2D eigenvalue weighted by Crippen LogP contribution is 2.19. The van der Waals surface area contributed by atoms with Crippen LogP contribution in [0.4, 0.5) is 0 Å². The van der Waals surface area contributed by atoms with Gasteiger partial charge >= 0.3 is 0 Å². The Morgan fingerprint density at radius 1 is 1.43 bits per heavy atom. The fraction of sp³-hybridized carbons (Fsp3) is 0.400. The molecule has 0 saturated carbocycles. The van der Waals surface area contributed by atoms with Crippen LogP contribution < -0.4 is 5.32 Å². The third-order valence-electron chi connectivity index (χ3n) is 3.36. The summed E-state index contributed by atoms with van der Waals surface area (Å²) in [6.45, 7) is 6.58. The number of carbonyl (C=O) groups is 1. The molecule has 1 N–H and O–H groups in total. The molecule has 0 unspecified atom stereocenters. The molecule has 6 heteroatoms. The van der Waals surface area contributed by atoms with Crippen LogP contribution in [-0.4, -0.2) is 20.7 Å². The number of nitrogens with zero attached hydrogens (tertiary/aromatic N) is 3. The number of aryl methyl sites for hydroxylation is 1. The van der Waals surface area contributed by atoms with Crippen LogP contribution in [0.15, 0.2) is 24.4 Å². The third-order valence-corrected chi connectivity index (χ3v) is 3.90. The van der Waals surface area contributed by atoms with Crippen molar-refractivity contribution >= 4 is 17.5 Å². The number of aromatic nitrogens is 3. The first-order chi connectivity index (χ1) is 9.99. The Bertz CT molecular complexity index is 624. The van der Waals surface area contributed by atoms with Crippen LogP contribution in [-0.2, 0) is 17.9 Å². The zero-order valence-corrected chi connectivity index (χ0v) is 13.2. The maximum absolute atomic E-state index is 12.1. The van der Waals surface area contributed by atoms with E-state index in [4.69, 9.17) is 11.6 Å². The first kappa shape index (κ1) is 15.5. The van der Waals surface area contributed by atoms with E-state index in [1.165, 1.54) is 0 Å². The Labute approximate surface area is 129 Å². The first-order valence-electron chi connectivity index (χ1n) is 6.86. The van der Waals surface area contributed by atoms with Gasteiger partial charge in [-0.15, -0.1) is 0 Å². The van der Waals surface area contributed by atoms with Crippen LogP contribution in [0.25, 0.3) is 0 Å². The predicted molar refractivity (Wildman–Crippen MR) is 82.0 cm³/mol. The van der Waals surface area contributed by atoms with Gasteiger partial charge in [-0.3, -0.25) is 14.5 Å². The Balaban J connectivity index is 1.92. The second-order valence-electron chi connectivity index (χ2n) is 5.11. The van der Waals surface area contributed by atoms with E-state index in [1.54, 1.807) is 10.9 Å². The summed E-state index contributed by atoms with van der Waals surface area (Å²) in [5.74, 6) is -0.216. The fourth-order valence-electron chi connectivity index (χ4n) is 2.05. The Kier molecular flexibility index (Phi) is 4.96. The highest BCUT2D eigenvalue weighted by molar-refractivity contribution is 6.31.